The van der Waals surface area contributed by atoms with Crippen LogP contribution in [0, 0.1) is 6.92 Å². The molecular weight excluding hydrogens is 272 g/mol. The van der Waals surface area contributed by atoms with Crippen LogP contribution in [-0.2, 0) is 13.0 Å². The molecule has 0 N–H and O–H groups in total. The number of aryl methyl sites for hydroxylation is 2. The third kappa shape index (κ3) is 2.49. The predicted octanol–water partition coefficient (Wildman–Crippen LogP) is 1.81. The minimum absolute atomic E-state index is 0.162. The van der Waals surface area contributed by atoms with Crippen molar-refractivity contribution < 1.29 is 9.05 Å². The van der Waals surface area contributed by atoms with Gasteiger partial charge in [-0.15, -0.1) is 0 Å². The molecule has 0 spiro atoms. The van der Waals surface area contributed by atoms with Crippen LogP contribution in [0.2, 0.25) is 0 Å². The van der Waals surface area contributed by atoms with Crippen molar-refractivity contribution in [2.45, 2.75) is 26.8 Å². The maximum atomic E-state index is 11.9. The highest BCUT2D eigenvalue weighted by atomic mass is 16.5. The number of nitrogens with zero attached hydrogens (tertiary/aromatic N) is 4. The van der Waals surface area contributed by atoms with Gasteiger partial charge in [-0.05, 0) is 12.5 Å². The molecule has 21 heavy (non-hydrogen) atoms. The highest BCUT2D eigenvalue weighted by Gasteiger charge is 2.17. The van der Waals surface area contributed by atoms with Gasteiger partial charge >= 0.3 is 5.76 Å². The van der Waals surface area contributed by atoms with Gasteiger partial charge in [0.25, 0.3) is 0 Å². The first-order chi connectivity index (χ1) is 10.2. The van der Waals surface area contributed by atoms with Crippen LogP contribution in [0.5, 0.6) is 0 Å². The first-order valence-electron chi connectivity index (χ1n) is 6.63. The second kappa shape index (κ2) is 5.35. The third-order valence-corrected chi connectivity index (χ3v) is 3.18. The van der Waals surface area contributed by atoms with Crippen molar-refractivity contribution in [2.24, 2.45) is 0 Å². The van der Waals surface area contributed by atoms with E-state index >= 15 is 0 Å². The van der Waals surface area contributed by atoms with E-state index < -0.39 is 5.76 Å². The molecular formula is C14H14N4O3. The lowest BCUT2D eigenvalue weighted by Gasteiger charge is -2.04. The maximum Gasteiger partial charge on any atom is 0.442 e. The molecule has 0 bridgehead atoms. The van der Waals surface area contributed by atoms with Gasteiger partial charge in [0, 0.05) is 12.0 Å². The fraction of sp³-hybridized carbons (Fsp3) is 0.286. The zero-order valence-corrected chi connectivity index (χ0v) is 11.7. The Morgan fingerprint density at radius 3 is 2.71 bits per heavy atom. The molecule has 0 unspecified atom stereocenters. The maximum absolute atomic E-state index is 11.9. The summed E-state index contributed by atoms with van der Waals surface area (Å²) in [6.45, 7) is 4.03. The summed E-state index contributed by atoms with van der Waals surface area (Å²) in [4.78, 5) is 16.0. The number of benzene rings is 1. The molecule has 0 amide bonds. The Kier molecular flexibility index (Phi) is 3.39. The summed E-state index contributed by atoms with van der Waals surface area (Å²) in [6, 6.07) is 7.64. The van der Waals surface area contributed by atoms with E-state index in [0.29, 0.717) is 24.0 Å². The molecule has 7 nitrogen and oxygen atoms in total. The van der Waals surface area contributed by atoms with E-state index in [9.17, 15) is 4.79 Å². The zero-order chi connectivity index (χ0) is 14.8. The molecule has 0 atom stereocenters. The summed E-state index contributed by atoms with van der Waals surface area (Å²) in [6.07, 6.45) is 0.649. The molecule has 0 saturated heterocycles. The lowest BCUT2D eigenvalue weighted by molar-refractivity contribution is 0.369. The van der Waals surface area contributed by atoms with Gasteiger partial charge in [0.2, 0.25) is 5.89 Å². The monoisotopic (exact) mass is 286 g/mol. The van der Waals surface area contributed by atoms with Crippen LogP contribution in [0.3, 0.4) is 0 Å². The van der Waals surface area contributed by atoms with E-state index in [-0.39, 0.29) is 6.54 Å². The topological polar surface area (TPSA) is 87.0 Å². The number of hydrogen-bond donors (Lipinski definition) is 0. The average molecular weight is 286 g/mol. The second-order valence-corrected chi connectivity index (χ2v) is 4.63. The Bertz CT molecular complexity index is 815. The Morgan fingerprint density at radius 1 is 1.19 bits per heavy atom. The van der Waals surface area contributed by atoms with Gasteiger partial charge in [-0.3, -0.25) is 4.52 Å². The third-order valence-electron chi connectivity index (χ3n) is 3.18. The fourth-order valence-electron chi connectivity index (χ4n) is 2.06. The molecule has 0 radical (unpaired) electrons. The molecule has 0 fully saturated rings. The lowest BCUT2D eigenvalue weighted by Crippen LogP contribution is -2.17. The van der Waals surface area contributed by atoms with Crippen molar-refractivity contribution in [3.05, 3.63) is 52.1 Å². The number of aromatic nitrogens is 4. The van der Waals surface area contributed by atoms with Crippen molar-refractivity contribution >= 4 is 0 Å². The molecule has 0 aliphatic heterocycles. The van der Waals surface area contributed by atoms with Gasteiger partial charge in [-0.25, -0.2) is 9.36 Å². The van der Waals surface area contributed by atoms with Gasteiger partial charge in [0.15, 0.2) is 11.6 Å². The number of rotatable bonds is 4. The quantitative estimate of drug-likeness (QED) is 0.727. The SMILES string of the molecule is CCc1nc(Cn2c(-c3ccccc3C)noc2=O)no1. The van der Waals surface area contributed by atoms with Gasteiger partial charge < -0.3 is 4.52 Å². The summed E-state index contributed by atoms with van der Waals surface area (Å²) < 4.78 is 11.2. The number of hydrogen-bond acceptors (Lipinski definition) is 6. The van der Waals surface area contributed by atoms with E-state index in [2.05, 4.69) is 15.3 Å². The van der Waals surface area contributed by atoms with Gasteiger partial charge in [0.1, 0.15) is 0 Å². The van der Waals surface area contributed by atoms with Crippen molar-refractivity contribution in [3.63, 3.8) is 0 Å². The molecule has 2 heterocycles. The molecule has 0 saturated carbocycles. The lowest BCUT2D eigenvalue weighted by atomic mass is 10.1. The zero-order valence-electron chi connectivity index (χ0n) is 11.7. The Morgan fingerprint density at radius 2 is 2.00 bits per heavy atom. The Labute approximate surface area is 120 Å². The molecule has 0 aliphatic rings. The molecule has 108 valence electrons. The predicted molar refractivity (Wildman–Crippen MR) is 73.7 cm³/mol. The van der Waals surface area contributed by atoms with Gasteiger partial charge in [-0.2, -0.15) is 4.98 Å². The first kappa shape index (κ1) is 13.3. The van der Waals surface area contributed by atoms with Crippen LogP contribution < -0.4 is 5.76 Å². The average Bonchev–Trinajstić information content (AvgIpc) is 3.08. The van der Waals surface area contributed by atoms with E-state index in [1.165, 1.54) is 4.57 Å². The minimum atomic E-state index is -0.545. The molecule has 3 aromatic rings. The van der Waals surface area contributed by atoms with Gasteiger partial charge in [-0.1, -0.05) is 41.5 Å². The largest absolute Gasteiger partial charge is 0.442 e. The summed E-state index contributed by atoms with van der Waals surface area (Å²) in [7, 11) is 0. The van der Waals surface area contributed by atoms with Crippen molar-refractivity contribution in [3.8, 4) is 11.4 Å². The Hall–Kier alpha value is -2.70. The van der Waals surface area contributed by atoms with E-state index in [0.717, 1.165) is 11.1 Å². The summed E-state index contributed by atoms with van der Waals surface area (Å²) >= 11 is 0. The fourth-order valence-corrected chi connectivity index (χ4v) is 2.06. The van der Waals surface area contributed by atoms with Crippen LogP contribution in [0.25, 0.3) is 11.4 Å². The first-order valence-corrected chi connectivity index (χ1v) is 6.63. The van der Waals surface area contributed by atoms with E-state index in [1.807, 2.05) is 38.1 Å². The van der Waals surface area contributed by atoms with Crippen LogP contribution in [-0.4, -0.2) is 19.9 Å². The summed E-state index contributed by atoms with van der Waals surface area (Å²) in [5.74, 6) is 0.871. The summed E-state index contributed by atoms with van der Waals surface area (Å²) in [5.41, 5.74) is 1.84. The van der Waals surface area contributed by atoms with Crippen LogP contribution in [0.4, 0.5) is 0 Å². The molecule has 1 aromatic carbocycles. The molecule has 3 rings (SSSR count). The highest BCUT2D eigenvalue weighted by Crippen LogP contribution is 2.20. The molecule has 0 aliphatic carbocycles. The standard InChI is InChI=1S/C14H14N4O3/c1-3-12-15-11(16-20-12)8-18-13(17-21-14(18)19)10-7-5-4-6-9(10)2/h4-7H,3,8H2,1-2H3. The van der Waals surface area contributed by atoms with Crippen LogP contribution in [0.15, 0.2) is 38.1 Å². The van der Waals surface area contributed by atoms with Crippen LogP contribution in [0.1, 0.15) is 24.2 Å². The molecule has 2 aromatic heterocycles. The van der Waals surface area contributed by atoms with Gasteiger partial charge in [0.05, 0.1) is 6.54 Å². The van der Waals surface area contributed by atoms with Crippen molar-refractivity contribution in [1.82, 2.24) is 19.9 Å². The summed E-state index contributed by atoms with van der Waals surface area (Å²) in [5, 5.41) is 7.70. The highest BCUT2D eigenvalue weighted by molar-refractivity contribution is 5.59. The Balaban J connectivity index is 2.01. The van der Waals surface area contributed by atoms with E-state index in [1.54, 1.807) is 0 Å². The molecule has 7 heteroatoms. The van der Waals surface area contributed by atoms with E-state index in [4.69, 9.17) is 9.05 Å². The van der Waals surface area contributed by atoms with Crippen molar-refractivity contribution in [1.29, 1.82) is 0 Å². The second-order valence-electron chi connectivity index (χ2n) is 4.63. The normalized spacial score (nSPS) is 11.0. The van der Waals surface area contributed by atoms with Crippen LogP contribution >= 0.6 is 0 Å². The minimum Gasteiger partial charge on any atom is -0.339 e. The van der Waals surface area contributed by atoms with Crippen molar-refractivity contribution in [2.75, 3.05) is 0 Å². The smallest absolute Gasteiger partial charge is 0.339 e.